The van der Waals surface area contributed by atoms with Crippen molar-refractivity contribution in [1.82, 2.24) is 0 Å². The minimum atomic E-state index is -0.333. The van der Waals surface area contributed by atoms with Crippen molar-refractivity contribution in [3.8, 4) is 0 Å². The summed E-state index contributed by atoms with van der Waals surface area (Å²) in [7, 11) is 3.86. The maximum atomic E-state index is 12.4. The summed E-state index contributed by atoms with van der Waals surface area (Å²) < 4.78 is 0. The molecule has 5 heteroatoms. The number of hydrogen-bond acceptors (Lipinski definition) is 4. The number of imide groups is 1. The normalized spacial score (nSPS) is 13.5. The first-order valence-electron chi connectivity index (χ1n) is 6.55. The first kappa shape index (κ1) is 13.2. The van der Waals surface area contributed by atoms with Gasteiger partial charge in [0.2, 0.25) is 0 Å². The van der Waals surface area contributed by atoms with Crippen LogP contribution in [0, 0.1) is 0 Å². The van der Waals surface area contributed by atoms with E-state index in [1.54, 1.807) is 30.3 Å². The minimum Gasteiger partial charge on any atom is -0.399 e. The molecule has 106 valence electrons. The van der Waals surface area contributed by atoms with Crippen LogP contribution in [0.3, 0.4) is 0 Å². The Hall–Kier alpha value is -2.82. The summed E-state index contributed by atoms with van der Waals surface area (Å²) in [6.45, 7) is 0. The Labute approximate surface area is 122 Å². The maximum absolute atomic E-state index is 12.4. The van der Waals surface area contributed by atoms with E-state index < -0.39 is 0 Å². The fraction of sp³-hybridized carbons (Fsp3) is 0.125. The third-order valence-electron chi connectivity index (χ3n) is 3.53. The molecule has 3 rings (SSSR count). The second-order valence-electron chi connectivity index (χ2n) is 5.16. The zero-order valence-corrected chi connectivity index (χ0v) is 11.8. The van der Waals surface area contributed by atoms with Gasteiger partial charge in [-0.3, -0.25) is 9.59 Å². The van der Waals surface area contributed by atoms with Gasteiger partial charge in [-0.25, -0.2) is 4.90 Å². The van der Waals surface area contributed by atoms with Gasteiger partial charge in [0, 0.05) is 25.5 Å². The van der Waals surface area contributed by atoms with Gasteiger partial charge in [-0.1, -0.05) is 0 Å². The molecule has 2 aromatic rings. The van der Waals surface area contributed by atoms with E-state index in [9.17, 15) is 9.59 Å². The summed E-state index contributed by atoms with van der Waals surface area (Å²) in [5, 5.41) is 0. The highest BCUT2D eigenvalue weighted by molar-refractivity contribution is 6.34. The van der Waals surface area contributed by atoms with Crippen LogP contribution in [0.25, 0.3) is 0 Å². The number of fused-ring (bicyclic) bond motifs is 1. The lowest BCUT2D eigenvalue weighted by atomic mass is 10.1. The Morgan fingerprint density at radius 3 is 2.14 bits per heavy atom. The van der Waals surface area contributed by atoms with E-state index in [2.05, 4.69) is 0 Å². The van der Waals surface area contributed by atoms with Gasteiger partial charge in [0.1, 0.15) is 0 Å². The SMILES string of the molecule is CN(C)c1ccc(N2C(=O)c3ccc(N)cc3C2=O)cc1. The average Bonchev–Trinajstić information content (AvgIpc) is 2.70. The Balaban J connectivity index is 2.01. The number of anilines is 3. The number of rotatable bonds is 2. The second-order valence-corrected chi connectivity index (χ2v) is 5.16. The Bertz CT molecular complexity index is 736. The quantitative estimate of drug-likeness (QED) is 0.676. The summed E-state index contributed by atoms with van der Waals surface area (Å²) in [4.78, 5) is 27.9. The van der Waals surface area contributed by atoms with Crippen molar-refractivity contribution < 1.29 is 9.59 Å². The molecule has 0 saturated heterocycles. The van der Waals surface area contributed by atoms with Crippen molar-refractivity contribution in [2.45, 2.75) is 0 Å². The maximum Gasteiger partial charge on any atom is 0.266 e. The topological polar surface area (TPSA) is 66.6 Å². The number of nitrogen functional groups attached to an aromatic ring is 1. The smallest absolute Gasteiger partial charge is 0.266 e. The van der Waals surface area contributed by atoms with Crippen LogP contribution in [0.1, 0.15) is 20.7 Å². The van der Waals surface area contributed by atoms with Crippen LogP contribution in [0.5, 0.6) is 0 Å². The summed E-state index contributed by atoms with van der Waals surface area (Å²) in [5.74, 6) is -0.646. The molecule has 2 N–H and O–H groups in total. The summed E-state index contributed by atoms with van der Waals surface area (Å²) in [6, 6.07) is 12.0. The highest BCUT2D eigenvalue weighted by Gasteiger charge is 2.36. The van der Waals surface area contributed by atoms with E-state index in [-0.39, 0.29) is 11.8 Å². The Morgan fingerprint density at radius 2 is 1.52 bits per heavy atom. The lowest BCUT2D eigenvalue weighted by Gasteiger charge is -2.16. The summed E-state index contributed by atoms with van der Waals surface area (Å²) >= 11 is 0. The average molecular weight is 281 g/mol. The Morgan fingerprint density at radius 1 is 0.905 bits per heavy atom. The molecule has 0 saturated carbocycles. The van der Waals surface area contributed by atoms with Gasteiger partial charge in [-0.15, -0.1) is 0 Å². The number of hydrogen-bond donors (Lipinski definition) is 1. The third kappa shape index (κ3) is 2.03. The molecule has 2 aromatic carbocycles. The van der Waals surface area contributed by atoms with Crippen LogP contribution in [0.4, 0.5) is 17.1 Å². The van der Waals surface area contributed by atoms with Crippen molar-refractivity contribution >= 4 is 28.9 Å². The van der Waals surface area contributed by atoms with Crippen LogP contribution in [0.15, 0.2) is 42.5 Å². The molecule has 1 heterocycles. The van der Waals surface area contributed by atoms with E-state index in [1.807, 2.05) is 31.1 Å². The summed E-state index contributed by atoms with van der Waals surface area (Å²) in [5.41, 5.74) is 8.47. The van der Waals surface area contributed by atoms with E-state index in [4.69, 9.17) is 5.73 Å². The predicted molar refractivity (Wildman–Crippen MR) is 82.8 cm³/mol. The van der Waals surface area contributed by atoms with Crippen LogP contribution in [-0.2, 0) is 0 Å². The molecule has 0 radical (unpaired) electrons. The molecule has 21 heavy (non-hydrogen) atoms. The van der Waals surface area contributed by atoms with Crippen molar-refractivity contribution in [3.05, 3.63) is 53.6 Å². The van der Waals surface area contributed by atoms with Crippen LogP contribution in [-0.4, -0.2) is 25.9 Å². The van der Waals surface area contributed by atoms with Gasteiger partial charge in [-0.05, 0) is 42.5 Å². The summed E-state index contributed by atoms with van der Waals surface area (Å²) in [6.07, 6.45) is 0. The third-order valence-corrected chi connectivity index (χ3v) is 3.53. The monoisotopic (exact) mass is 281 g/mol. The fourth-order valence-electron chi connectivity index (χ4n) is 2.39. The highest BCUT2D eigenvalue weighted by atomic mass is 16.2. The molecule has 0 aromatic heterocycles. The second kappa shape index (κ2) is 4.63. The fourth-order valence-corrected chi connectivity index (χ4v) is 2.39. The van der Waals surface area contributed by atoms with Gasteiger partial charge in [0.15, 0.2) is 0 Å². The van der Waals surface area contributed by atoms with E-state index >= 15 is 0 Å². The number of carbonyl (C=O) groups is 2. The lowest BCUT2D eigenvalue weighted by molar-refractivity contribution is 0.0926. The van der Waals surface area contributed by atoms with Crippen molar-refractivity contribution in [1.29, 1.82) is 0 Å². The molecular weight excluding hydrogens is 266 g/mol. The zero-order valence-electron chi connectivity index (χ0n) is 11.8. The molecule has 0 fully saturated rings. The largest absolute Gasteiger partial charge is 0.399 e. The van der Waals surface area contributed by atoms with E-state index in [0.717, 1.165) is 5.69 Å². The van der Waals surface area contributed by atoms with E-state index in [1.165, 1.54) is 4.90 Å². The van der Waals surface area contributed by atoms with Crippen molar-refractivity contribution in [2.75, 3.05) is 29.6 Å². The van der Waals surface area contributed by atoms with Gasteiger partial charge in [0.05, 0.1) is 16.8 Å². The number of benzene rings is 2. The molecule has 1 aliphatic heterocycles. The molecule has 5 nitrogen and oxygen atoms in total. The predicted octanol–water partition coefficient (Wildman–Crippen LogP) is 2.14. The zero-order chi connectivity index (χ0) is 15.1. The van der Waals surface area contributed by atoms with Gasteiger partial charge in [-0.2, -0.15) is 0 Å². The van der Waals surface area contributed by atoms with Gasteiger partial charge in [0.25, 0.3) is 11.8 Å². The number of carbonyl (C=O) groups excluding carboxylic acids is 2. The first-order chi connectivity index (χ1) is 9.99. The van der Waals surface area contributed by atoms with Gasteiger partial charge < -0.3 is 10.6 Å². The standard InChI is InChI=1S/C16H15N3O2/c1-18(2)11-4-6-12(7-5-11)19-15(20)13-8-3-10(17)9-14(13)16(19)21/h3-9H,17H2,1-2H3. The molecule has 2 amide bonds. The molecule has 0 spiro atoms. The minimum absolute atomic E-state index is 0.312. The lowest BCUT2D eigenvalue weighted by Crippen LogP contribution is -2.29. The van der Waals surface area contributed by atoms with Crippen LogP contribution in [0.2, 0.25) is 0 Å². The molecule has 0 bridgehead atoms. The Kier molecular flexibility index (Phi) is 2.90. The molecule has 0 aliphatic carbocycles. The van der Waals surface area contributed by atoms with Crippen molar-refractivity contribution in [3.63, 3.8) is 0 Å². The number of nitrogens with zero attached hydrogens (tertiary/aromatic N) is 2. The molecule has 0 unspecified atom stereocenters. The van der Waals surface area contributed by atoms with Gasteiger partial charge >= 0.3 is 0 Å². The highest BCUT2D eigenvalue weighted by Crippen LogP contribution is 2.30. The van der Waals surface area contributed by atoms with Crippen molar-refractivity contribution in [2.24, 2.45) is 0 Å². The number of nitrogens with two attached hydrogens (primary N) is 1. The number of amides is 2. The molecular formula is C16H15N3O2. The first-order valence-corrected chi connectivity index (χ1v) is 6.55. The molecule has 0 atom stereocenters. The van der Waals surface area contributed by atoms with Crippen LogP contribution < -0.4 is 15.5 Å². The molecule has 1 aliphatic rings. The van der Waals surface area contributed by atoms with Crippen LogP contribution >= 0.6 is 0 Å². The van der Waals surface area contributed by atoms with E-state index in [0.29, 0.717) is 22.5 Å².